The van der Waals surface area contributed by atoms with E-state index in [0.29, 0.717) is 0 Å². The lowest BCUT2D eigenvalue weighted by Crippen LogP contribution is -2.65. The smallest absolute Gasteiger partial charge is 0.217 e. The van der Waals surface area contributed by atoms with Crippen LogP contribution in [-0.4, -0.2) is 116 Å². The molecule has 8 N–H and O–H groups in total. The Hall–Kier alpha value is -0.930. The maximum atomic E-state index is 11.3. The minimum absolute atomic E-state index is 0.455. The maximum Gasteiger partial charge on any atom is 0.217 e. The van der Waals surface area contributed by atoms with Crippen LogP contribution in [0.1, 0.15) is 6.92 Å². The van der Waals surface area contributed by atoms with Crippen molar-refractivity contribution in [2.24, 2.45) is 0 Å². The standard InChI is InChI=1S/C14H25NO11/c1-4(17)15-7-10(20)8(18)5(2-16)26-14(7)24-3-6-9(19)11(21)12(22)13(23)25-6/h5-14,16,18-23H,2-3H2,1H3,(H,15,17)/t5-,6-,7+,8-,9-,10-,11+,12-,13+,14-/m1/s1. The van der Waals surface area contributed by atoms with Crippen LogP contribution in [0, 0.1) is 0 Å². The minimum Gasteiger partial charge on any atom is -0.394 e. The lowest BCUT2D eigenvalue weighted by atomic mass is 9.96. The van der Waals surface area contributed by atoms with Gasteiger partial charge < -0.3 is 55.3 Å². The van der Waals surface area contributed by atoms with Crippen LogP contribution in [0.5, 0.6) is 0 Å². The molecule has 2 fully saturated rings. The van der Waals surface area contributed by atoms with Gasteiger partial charge in [0.25, 0.3) is 0 Å². The first-order valence-electron chi connectivity index (χ1n) is 8.06. The summed E-state index contributed by atoms with van der Waals surface area (Å²) >= 11 is 0. The first kappa shape index (κ1) is 21.4. The molecule has 0 radical (unpaired) electrons. The van der Waals surface area contributed by atoms with E-state index in [4.69, 9.17) is 14.2 Å². The number of carbonyl (C=O) groups excluding carboxylic acids is 1. The number of aliphatic hydroxyl groups excluding tert-OH is 7. The molecular formula is C14H25NO11. The number of nitrogens with one attached hydrogen (secondary N) is 1. The van der Waals surface area contributed by atoms with E-state index in [2.05, 4.69) is 5.32 Å². The second-order valence-corrected chi connectivity index (χ2v) is 6.30. The van der Waals surface area contributed by atoms with Crippen molar-refractivity contribution in [3.63, 3.8) is 0 Å². The van der Waals surface area contributed by atoms with Gasteiger partial charge in [0.1, 0.15) is 48.8 Å². The molecule has 2 aliphatic heterocycles. The van der Waals surface area contributed by atoms with Crippen LogP contribution in [0.4, 0.5) is 0 Å². The summed E-state index contributed by atoms with van der Waals surface area (Å²) in [7, 11) is 0. The number of aliphatic hydroxyl groups is 7. The van der Waals surface area contributed by atoms with Crippen molar-refractivity contribution < 1.29 is 54.8 Å². The first-order valence-corrected chi connectivity index (χ1v) is 8.06. The van der Waals surface area contributed by atoms with Crippen molar-refractivity contribution in [1.82, 2.24) is 5.32 Å². The number of hydrogen-bond acceptors (Lipinski definition) is 11. The third-order valence-corrected chi connectivity index (χ3v) is 4.36. The van der Waals surface area contributed by atoms with Crippen molar-refractivity contribution in [3.8, 4) is 0 Å². The molecule has 26 heavy (non-hydrogen) atoms. The summed E-state index contributed by atoms with van der Waals surface area (Å²) in [5, 5.41) is 70.1. The highest BCUT2D eigenvalue weighted by molar-refractivity contribution is 5.73. The van der Waals surface area contributed by atoms with E-state index in [0.717, 1.165) is 0 Å². The van der Waals surface area contributed by atoms with Crippen LogP contribution in [0.2, 0.25) is 0 Å². The Morgan fingerprint density at radius 2 is 1.54 bits per heavy atom. The van der Waals surface area contributed by atoms with E-state index in [1.165, 1.54) is 6.92 Å². The van der Waals surface area contributed by atoms with Gasteiger partial charge in [-0.05, 0) is 0 Å². The average molecular weight is 383 g/mol. The van der Waals surface area contributed by atoms with Gasteiger partial charge in [0.05, 0.1) is 13.2 Å². The van der Waals surface area contributed by atoms with E-state index in [1.807, 2.05) is 0 Å². The van der Waals surface area contributed by atoms with E-state index >= 15 is 0 Å². The molecule has 0 aromatic rings. The van der Waals surface area contributed by atoms with Crippen LogP contribution in [0.15, 0.2) is 0 Å². The van der Waals surface area contributed by atoms with E-state index in [-0.39, 0.29) is 0 Å². The van der Waals surface area contributed by atoms with Gasteiger partial charge in [-0.15, -0.1) is 0 Å². The van der Waals surface area contributed by atoms with Gasteiger partial charge in [-0.1, -0.05) is 0 Å². The Bertz CT molecular complexity index is 480. The minimum atomic E-state index is -1.75. The predicted molar refractivity (Wildman–Crippen MR) is 80.2 cm³/mol. The molecule has 2 rings (SSSR count). The van der Waals surface area contributed by atoms with Gasteiger partial charge in [0.2, 0.25) is 5.91 Å². The summed E-state index contributed by atoms with van der Waals surface area (Å²) in [6, 6.07) is -1.19. The van der Waals surface area contributed by atoms with Gasteiger partial charge in [-0.2, -0.15) is 0 Å². The van der Waals surface area contributed by atoms with Crippen molar-refractivity contribution in [2.75, 3.05) is 13.2 Å². The maximum absolute atomic E-state index is 11.3. The Balaban J connectivity index is 2.05. The Morgan fingerprint density at radius 1 is 0.923 bits per heavy atom. The molecule has 0 aromatic carbocycles. The fourth-order valence-corrected chi connectivity index (χ4v) is 2.87. The molecule has 0 aliphatic carbocycles. The van der Waals surface area contributed by atoms with Crippen LogP contribution in [-0.2, 0) is 19.0 Å². The molecule has 0 unspecified atom stereocenters. The monoisotopic (exact) mass is 383 g/mol. The number of carbonyl (C=O) groups is 1. The fourth-order valence-electron chi connectivity index (χ4n) is 2.87. The highest BCUT2D eigenvalue weighted by Gasteiger charge is 2.47. The van der Waals surface area contributed by atoms with Crippen LogP contribution >= 0.6 is 0 Å². The van der Waals surface area contributed by atoms with Gasteiger partial charge in [-0.25, -0.2) is 0 Å². The third-order valence-electron chi connectivity index (χ3n) is 4.36. The van der Waals surface area contributed by atoms with Gasteiger partial charge >= 0.3 is 0 Å². The van der Waals surface area contributed by atoms with Crippen molar-refractivity contribution >= 4 is 5.91 Å². The number of amides is 1. The zero-order chi connectivity index (χ0) is 19.6. The van der Waals surface area contributed by atoms with Gasteiger partial charge in [-0.3, -0.25) is 4.79 Å². The molecule has 0 aromatic heterocycles. The SMILES string of the molecule is CC(=O)N[C@@H]1[C@H](OC[C@H]2O[C@H](O)[C@H](O)[C@@H](O)[C@@H]2O)O[C@H](CO)[C@@H](O)[C@@H]1O. The summed E-state index contributed by atoms with van der Waals surface area (Å²) in [6.45, 7) is 0.0944. The molecule has 0 bridgehead atoms. The van der Waals surface area contributed by atoms with E-state index < -0.39 is 80.5 Å². The van der Waals surface area contributed by atoms with Crippen LogP contribution in [0.25, 0.3) is 0 Å². The van der Waals surface area contributed by atoms with Crippen LogP contribution < -0.4 is 5.32 Å². The average Bonchev–Trinajstić information content (AvgIpc) is 2.60. The van der Waals surface area contributed by atoms with E-state index in [9.17, 15) is 40.5 Å². The topological polar surface area (TPSA) is 198 Å². The molecule has 2 heterocycles. The number of ether oxygens (including phenoxy) is 3. The highest BCUT2D eigenvalue weighted by Crippen LogP contribution is 2.25. The zero-order valence-electron chi connectivity index (χ0n) is 14.0. The number of hydrogen-bond donors (Lipinski definition) is 8. The first-order chi connectivity index (χ1) is 12.2. The van der Waals surface area contributed by atoms with Gasteiger partial charge in [0, 0.05) is 6.92 Å². The summed E-state index contributed by atoms with van der Waals surface area (Å²) in [4.78, 5) is 11.3. The van der Waals surface area contributed by atoms with Crippen molar-refractivity contribution in [1.29, 1.82) is 0 Å². The lowest BCUT2D eigenvalue weighted by Gasteiger charge is -2.43. The van der Waals surface area contributed by atoms with E-state index in [1.54, 1.807) is 0 Å². The summed E-state index contributed by atoms with van der Waals surface area (Å²) in [5.41, 5.74) is 0. The molecule has 2 saturated heterocycles. The lowest BCUT2D eigenvalue weighted by molar-refractivity contribution is -0.311. The summed E-state index contributed by atoms with van der Waals surface area (Å²) in [6.07, 6.45) is -13.5. The predicted octanol–water partition coefficient (Wildman–Crippen LogP) is -5.25. The zero-order valence-corrected chi connectivity index (χ0v) is 14.0. The highest BCUT2D eigenvalue weighted by atomic mass is 16.7. The molecule has 10 atom stereocenters. The fraction of sp³-hybridized carbons (Fsp3) is 0.929. The normalized spacial score (nSPS) is 46.8. The largest absolute Gasteiger partial charge is 0.394 e. The molecule has 12 heteroatoms. The molecular weight excluding hydrogens is 358 g/mol. The third kappa shape index (κ3) is 4.48. The quantitative estimate of drug-likeness (QED) is 0.226. The van der Waals surface area contributed by atoms with Gasteiger partial charge in [0.15, 0.2) is 12.6 Å². The second kappa shape index (κ2) is 8.84. The molecule has 1 amide bonds. The molecule has 12 nitrogen and oxygen atoms in total. The van der Waals surface area contributed by atoms with Crippen molar-refractivity contribution in [3.05, 3.63) is 0 Å². The Kier molecular flexibility index (Phi) is 7.27. The molecule has 0 spiro atoms. The Labute approximate surface area is 148 Å². The molecule has 2 aliphatic rings. The molecule has 0 saturated carbocycles. The Morgan fingerprint density at radius 3 is 2.12 bits per heavy atom. The molecule has 152 valence electrons. The summed E-state index contributed by atoms with van der Waals surface area (Å²) < 4.78 is 15.7. The second-order valence-electron chi connectivity index (χ2n) is 6.30. The van der Waals surface area contributed by atoms with Crippen molar-refractivity contribution in [2.45, 2.75) is 68.3 Å². The van der Waals surface area contributed by atoms with Crippen LogP contribution in [0.3, 0.4) is 0 Å². The number of rotatable bonds is 5. The summed E-state index contributed by atoms with van der Waals surface area (Å²) in [5.74, 6) is -0.538.